The molecule has 0 bridgehead atoms. The number of hydrogen-bond donors (Lipinski definition) is 0. The van der Waals surface area contributed by atoms with Crippen LogP contribution in [0.25, 0.3) is 55.3 Å². The van der Waals surface area contributed by atoms with Crippen molar-refractivity contribution in [1.82, 2.24) is 14.1 Å². The van der Waals surface area contributed by atoms with Crippen LogP contribution in [0, 0.1) is 0 Å². The van der Waals surface area contributed by atoms with Gasteiger partial charge >= 0.3 is 0 Å². The summed E-state index contributed by atoms with van der Waals surface area (Å²) < 4.78 is 4.66. The van der Waals surface area contributed by atoms with Gasteiger partial charge in [0.05, 0.1) is 22.2 Å². The van der Waals surface area contributed by atoms with Gasteiger partial charge in [0.2, 0.25) is 0 Å². The summed E-state index contributed by atoms with van der Waals surface area (Å²) in [5.74, 6) is 0. The van der Waals surface area contributed by atoms with Crippen molar-refractivity contribution in [1.29, 1.82) is 0 Å². The number of rotatable bonds is 3. The molecule has 3 aromatic heterocycles. The Balaban J connectivity index is 1.59. The fraction of sp³-hybridized carbons (Fsp3) is 0. The van der Waals surface area contributed by atoms with Gasteiger partial charge in [0.15, 0.2) is 0 Å². The Morgan fingerprint density at radius 3 is 2.03 bits per heavy atom. The van der Waals surface area contributed by atoms with E-state index in [1.54, 1.807) is 0 Å². The SMILES string of the molecule is c1ccc(-n2ccc3c2ccc2c4cc(-c5ccccn5)ccc4n(-c4ccccc4)c23)cc1. The van der Waals surface area contributed by atoms with Gasteiger partial charge in [-0.1, -0.05) is 54.6 Å². The quantitative estimate of drug-likeness (QED) is 0.278. The van der Waals surface area contributed by atoms with Gasteiger partial charge in [0.1, 0.15) is 0 Å². The van der Waals surface area contributed by atoms with Gasteiger partial charge in [-0.2, -0.15) is 0 Å². The van der Waals surface area contributed by atoms with Gasteiger partial charge in [-0.25, -0.2) is 0 Å². The third kappa shape index (κ3) is 2.81. The smallest absolute Gasteiger partial charge is 0.0702 e. The van der Waals surface area contributed by atoms with Crippen molar-refractivity contribution in [3.05, 3.63) is 128 Å². The number of para-hydroxylation sites is 2. The van der Waals surface area contributed by atoms with Crippen molar-refractivity contribution < 1.29 is 0 Å². The van der Waals surface area contributed by atoms with E-state index in [-0.39, 0.29) is 0 Å². The minimum absolute atomic E-state index is 0.987. The number of fused-ring (bicyclic) bond motifs is 5. The molecule has 3 heterocycles. The highest BCUT2D eigenvalue weighted by molar-refractivity contribution is 6.19. The van der Waals surface area contributed by atoms with Crippen LogP contribution in [0.5, 0.6) is 0 Å². The first kappa shape index (κ1) is 18.9. The Morgan fingerprint density at radius 1 is 0.529 bits per heavy atom. The van der Waals surface area contributed by atoms with Crippen LogP contribution in [0.2, 0.25) is 0 Å². The molecular formula is C31H21N3. The molecule has 160 valence electrons. The van der Waals surface area contributed by atoms with Crippen LogP contribution in [0.15, 0.2) is 128 Å². The summed E-state index contributed by atoms with van der Waals surface area (Å²) in [5.41, 5.74) is 8.06. The lowest BCUT2D eigenvalue weighted by Gasteiger charge is -2.09. The molecule has 0 N–H and O–H groups in total. The fourth-order valence-corrected chi connectivity index (χ4v) is 5.08. The molecule has 0 saturated carbocycles. The lowest BCUT2D eigenvalue weighted by molar-refractivity contribution is 1.13. The average molecular weight is 436 g/mol. The van der Waals surface area contributed by atoms with Gasteiger partial charge in [0, 0.05) is 45.5 Å². The van der Waals surface area contributed by atoms with Gasteiger partial charge in [-0.3, -0.25) is 4.98 Å². The van der Waals surface area contributed by atoms with Gasteiger partial charge in [0.25, 0.3) is 0 Å². The molecule has 7 aromatic rings. The summed E-state index contributed by atoms with van der Waals surface area (Å²) in [7, 11) is 0. The predicted octanol–water partition coefficient (Wildman–Crippen LogP) is 7.79. The largest absolute Gasteiger partial charge is 0.316 e. The summed E-state index contributed by atoms with van der Waals surface area (Å²) in [5, 5.41) is 3.71. The first-order valence-electron chi connectivity index (χ1n) is 11.5. The van der Waals surface area contributed by atoms with Crippen LogP contribution < -0.4 is 0 Å². The number of aromatic nitrogens is 3. The molecule has 0 aliphatic rings. The third-order valence-electron chi connectivity index (χ3n) is 6.60. The summed E-state index contributed by atoms with van der Waals surface area (Å²) >= 11 is 0. The van der Waals surface area contributed by atoms with Crippen molar-refractivity contribution in [2.24, 2.45) is 0 Å². The Morgan fingerprint density at radius 2 is 1.26 bits per heavy atom. The van der Waals surface area contributed by atoms with E-state index in [2.05, 4.69) is 123 Å². The summed E-state index contributed by atoms with van der Waals surface area (Å²) in [6, 6.07) is 40.6. The van der Waals surface area contributed by atoms with Gasteiger partial charge < -0.3 is 9.13 Å². The maximum Gasteiger partial charge on any atom is 0.0702 e. The molecule has 3 nitrogen and oxygen atoms in total. The standard InChI is InChI=1S/C31H21N3/c1-3-9-23(10-4-1)33-20-18-26-29(33)17-15-25-27-21-22(28-13-7-8-19-32-28)14-16-30(27)34(31(25)26)24-11-5-2-6-12-24/h1-21H. The van der Waals surface area contributed by atoms with E-state index >= 15 is 0 Å². The van der Waals surface area contributed by atoms with E-state index < -0.39 is 0 Å². The van der Waals surface area contributed by atoms with Crippen LogP contribution in [0.1, 0.15) is 0 Å². The van der Waals surface area contributed by atoms with Crippen molar-refractivity contribution in [2.45, 2.75) is 0 Å². The summed E-state index contributed by atoms with van der Waals surface area (Å²) in [4.78, 5) is 4.58. The predicted molar refractivity (Wildman–Crippen MR) is 141 cm³/mol. The lowest BCUT2D eigenvalue weighted by atomic mass is 10.1. The molecule has 0 saturated heterocycles. The molecule has 0 radical (unpaired) electrons. The highest BCUT2D eigenvalue weighted by atomic mass is 15.0. The lowest BCUT2D eigenvalue weighted by Crippen LogP contribution is -1.94. The monoisotopic (exact) mass is 435 g/mol. The zero-order valence-electron chi connectivity index (χ0n) is 18.5. The maximum absolute atomic E-state index is 4.58. The summed E-state index contributed by atoms with van der Waals surface area (Å²) in [6.07, 6.45) is 4.02. The molecule has 0 aliphatic heterocycles. The normalized spacial score (nSPS) is 11.5. The number of nitrogens with zero attached hydrogens (tertiary/aromatic N) is 3. The maximum atomic E-state index is 4.58. The number of hydrogen-bond acceptors (Lipinski definition) is 1. The third-order valence-corrected chi connectivity index (χ3v) is 6.60. The first-order chi connectivity index (χ1) is 16.9. The fourth-order valence-electron chi connectivity index (χ4n) is 5.08. The van der Waals surface area contributed by atoms with E-state index in [4.69, 9.17) is 0 Å². The second-order valence-electron chi connectivity index (χ2n) is 8.53. The highest BCUT2D eigenvalue weighted by Gasteiger charge is 2.17. The van der Waals surface area contributed by atoms with Crippen LogP contribution in [0.3, 0.4) is 0 Å². The second kappa shape index (κ2) is 7.46. The minimum Gasteiger partial charge on any atom is -0.316 e. The molecule has 0 amide bonds. The Kier molecular flexibility index (Phi) is 4.15. The molecule has 0 atom stereocenters. The minimum atomic E-state index is 0.987. The van der Waals surface area contributed by atoms with Gasteiger partial charge in [-0.15, -0.1) is 0 Å². The average Bonchev–Trinajstić information content (AvgIpc) is 3.49. The Labute approximate surface area is 197 Å². The molecule has 0 spiro atoms. The van der Waals surface area contributed by atoms with Crippen LogP contribution in [-0.2, 0) is 0 Å². The number of pyridine rings is 1. The highest BCUT2D eigenvalue weighted by Crippen LogP contribution is 2.38. The van der Waals surface area contributed by atoms with E-state index in [0.717, 1.165) is 22.6 Å². The van der Waals surface area contributed by atoms with E-state index in [9.17, 15) is 0 Å². The topological polar surface area (TPSA) is 22.8 Å². The molecule has 7 rings (SSSR count). The molecule has 0 unspecified atom stereocenters. The Hall–Kier alpha value is -4.63. The molecule has 3 heteroatoms. The van der Waals surface area contributed by atoms with Crippen molar-refractivity contribution >= 4 is 32.7 Å². The van der Waals surface area contributed by atoms with Crippen molar-refractivity contribution in [3.63, 3.8) is 0 Å². The molecule has 0 aliphatic carbocycles. The number of benzene rings is 4. The molecule has 4 aromatic carbocycles. The van der Waals surface area contributed by atoms with Crippen molar-refractivity contribution in [2.75, 3.05) is 0 Å². The van der Waals surface area contributed by atoms with Crippen LogP contribution in [0.4, 0.5) is 0 Å². The van der Waals surface area contributed by atoms with Crippen LogP contribution in [-0.4, -0.2) is 14.1 Å². The Bertz CT molecular complexity index is 1780. The molecular weight excluding hydrogens is 414 g/mol. The van der Waals surface area contributed by atoms with E-state index in [0.29, 0.717) is 0 Å². The van der Waals surface area contributed by atoms with Gasteiger partial charge in [-0.05, 0) is 60.7 Å². The first-order valence-corrected chi connectivity index (χ1v) is 11.5. The zero-order valence-corrected chi connectivity index (χ0v) is 18.5. The van der Waals surface area contributed by atoms with E-state index in [1.165, 1.54) is 32.7 Å². The molecule has 34 heavy (non-hydrogen) atoms. The molecule has 0 fully saturated rings. The second-order valence-corrected chi connectivity index (χ2v) is 8.53. The van der Waals surface area contributed by atoms with E-state index in [1.807, 2.05) is 18.3 Å². The van der Waals surface area contributed by atoms with Crippen molar-refractivity contribution in [3.8, 4) is 22.6 Å². The zero-order chi connectivity index (χ0) is 22.5. The van der Waals surface area contributed by atoms with Crippen LogP contribution >= 0.6 is 0 Å². The summed E-state index contributed by atoms with van der Waals surface area (Å²) in [6.45, 7) is 0.